The van der Waals surface area contributed by atoms with Gasteiger partial charge in [-0.25, -0.2) is 9.97 Å². The predicted molar refractivity (Wildman–Crippen MR) is 74.3 cm³/mol. The molecule has 2 aromatic rings. The zero-order valence-corrected chi connectivity index (χ0v) is 10.9. The van der Waals surface area contributed by atoms with Gasteiger partial charge in [0.2, 0.25) is 0 Å². The lowest BCUT2D eigenvalue weighted by Crippen LogP contribution is -2.25. The standard InChI is InChI=1S/C14H17N5/c1-2-12(8-14-17-5-6-18-14)19-13-4-3-11(16)7-10(13)9-15/h3-7,12,19H,2,8,16H2,1H3,(H,17,18)/p+1. The van der Waals surface area contributed by atoms with E-state index in [1.165, 1.54) is 0 Å². The van der Waals surface area contributed by atoms with Crippen LogP contribution >= 0.6 is 0 Å². The van der Waals surface area contributed by atoms with Crippen molar-refractivity contribution in [1.29, 1.82) is 5.26 Å². The van der Waals surface area contributed by atoms with Crippen molar-refractivity contribution in [3.05, 3.63) is 42.0 Å². The molecule has 0 spiro atoms. The maximum atomic E-state index is 9.13. The van der Waals surface area contributed by atoms with Crippen molar-refractivity contribution in [3.63, 3.8) is 0 Å². The molecule has 5 heteroatoms. The van der Waals surface area contributed by atoms with E-state index in [0.717, 1.165) is 24.4 Å². The molecule has 0 amide bonds. The molecule has 1 unspecified atom stereocenters. The number of imidazole rings is 1. The van der Waals surface area contributed by atoms with E-state index < -0.39 is 0 Å². The number of aromatic nitrogens is 2. The summed E-state index contributed by atoms with van der Waals surface area (Å²) in [5.41, 5.74) is 7.70. The molecule has 98 valence electrons. The summed E-state index contributed by atoms with van der Waals surface area (Å²) in [5, 5.41) is 12.5. The molecule has 1 aromatic carbocycles. The highest BCUT2D eigenvalue weighted by molar-refractivity contribution is 5.63. The first kappa shape index (κ1) is 13.0. The summed E-state index contributed by atoms with van der Waals surface area (Å²) in [7, 11) is 0. The van der Waals surface area contributed by atoms with Crippen molar-refractivity contribution >= 4 is 11.4 Å². The van der Waals surface area contributed by atoms with Crippen LogP contribution in [-0.2, 0) is 6.42 Å². The third-order valence-corrected chi connectivity index (χ3v) is 3.07. The normalized spacial score (nSPS) is 11.8. The summed E-state index contributed by atoms with van der Waals surface area (Å²) in [4.78, 5) is 6.29. The minimum atomic E-state index is 0.255. The molecule has 0 aliphatic heterocycles. The zero-order chi connectivity index (χ0) is 13.7. The molecule has 2 rings (SSSR count). The van der Waals surface area contributed by atoms with E-state index in [9.17, 15) is 0 Å². The molecular formula is C14H18N5+. The van der Waals surface area contributed by atoms with Crippen LogP contribution in [0.2, 0.25) is 0 Å². The van der Waals surface area contributed by atoms with Crippen molar-refractivity contribution < 1.29 is 4.98 Å². The third-order valence-electron chi connectivity index (χ3n) is 3.07. The van der Waals surface area contributed by atoms with Crippen molar-refractivity contribution in [1.82, 2.24) is 4.98 Å². The molecule has 5 N–H and O–H groups in total. The fourth-order valence-electron chi connectivity index (χ4n) is 1.99. The van der Waals surface area contributed by atoms with Gasteiger partial charge in [0.1, 0.15) is 18.5 Å². The van der Waals surface area contributed by atoms with E-state index in [0.29, 0.717) is 11.3 Å². The molecule has 19 heavy (non-hydrogen) atoms. The lowest BCUT2D eigenvalue weighted by molar-refractivity contribution is -0.388. The fraction of sp³-hybridized carbons (Fsp3) is 0.286. The smallest absolute Gasteiger partial charge is 0.254 e. The van der Waals surface area contributed by atoms with Crippen LogP contribution in [0, 0.1) is 11.3 Å². The van der Waals surface area contributed by atoms with Gasteiger partial charge in [-0.3, -0.25) is 0 Å². The minimum Gasteiger partial charge on any atom is -0.399 e. The Hall–Kier alpha value is -2.48. The van der Waals surface area contributed by atoms with Gasteiger partial charge in [-0.2, -0.15) is 5.26 Å². The highest BCUT2D eigenvalue weighted by Gasteiger charge is 2.14. The molecule has 0 saturated heterocycles. The number of hydrogen-bond donors (Lipinski definition) is 3. The van der Waals surface area contributed by atoms with Crippen LogP contribution in [0.15, 0.2) is 30.6 Å². The van der Waals surface area contributed by atoms with Crippen LogP contribution in [0.5, 0.6) is 0 Å². The number of nitrogens with one attached hydrogen (secondary N) is 3. The van der Waals surface area contributed by atoms with Crippen molar-refractivity contribution in [2.45, 2.75) is 25.8 Å². The number of aromatic amines is 2. The van der Waals surface area contributed by atoms with Gasteiger partial charge in [0, 0.05) is 11.7 Å². The molecule has 1 aromatic heterocycles. The maximum Gasteiger partial charge on any atom is 0.254 e. The van der Waals surface area contributed by atoms with Crippen molar-refractivity contribution in [2.75, 3.05) is 11.1 Å². The van der Waals surface area contributed by atoms with Crippen LogP contribution in [-0.4, -0.2) is 11.0 Å². The summed E-state index contributed by atoms with van der Waals surface area (Å²) in [6.07, 6.45) is 5.54. The number of nitrogen functional groups attached to an aromatic ring is 1. The topological polar surface area (TPSA) is 91.8 Å². The van der Waals surface area contributed by atoms with Crippen LogP contribution < -0.4 is 16.0 Å². The van der Waals surface area contributed by atoms with E-state index in [-0.39, 0.29) is 6.04 Å². The van der Waals surface area contributed by atoms with Gasteiger partial charge in [0.25, 0.3) is 5.82 Å². The van der Waals surface area contributed by atoms with Crippen molar-refractivity contribution in [3.8, 4) is 6.07 Å². The molecule has 5 nitrogen and oxygen atoms in total. The minimum absolute atomic E-state index is 0.255. The number of hydrogen-bond acceptors (Lipinski definition) is 3. The first-order valence-corrected chi connectivity index (χ1v) is 6.33. The Morgan fingerprint density at radius 2 is 2.37 bits per heavy atom. The Balaban J connectivity index is 2.12. The quantitative estimate of drug-likeness (QED) is 0.711. The second-order valence-electron chi connectivity index (χ2n) is 4.47. The zero-order valence-electron chi connectivity index (χ0n) is 10.9. The summed E-state index contributed by atoms with van der Waals surface area (Å²) in [6, 6.07) is 7.77. The van der Waals surface area contributed by atoms with Gasteiger partial charge >= 0.3 is 0 Å². The lowest BCUT2D eigenvalue weighted by atomic mass is 10.1. The molecule has 1 heterocycles. The fourth-order valence-corrected chi connectivity index (χ4v) is 1.99. The van der Waals surface area contributed by atoms with Gasteiger partial charge in [-0.1, -0.05) is 6.92 Å². The predicted octanol–water partition coefficient (Wildman–Crippen LogP) is 1.72. The molecule has 0 aliphatic carbocycles. The molecule has 1 atom stereocenters. The van der Waals surface area contributed by atoms with E-state index >= 15 is 0 Å². The van der Waals surface area contributed by atoms with Crippen LogP contribution in [0.25, 0.3) is 0 Å². The van der Waals surface area contributed by atoms with Gasteiger partial charge in [0.15, 0.2) is 0 Å². The van der Waals surface area contributed by atoms with E-state index in [1.807, 2.05) is 18.5 Å². The van der Waals surface area contributed by atoms with Crippen LogP contribution in [0.3, 0.4) is 0 Å². The summed E-state index contributed by atoms with van der Waals surface area (Å²) in [5.74, 6) is 1.06. The largest absolute Gasteiger partial charge is 0.399 e. The maximum absolute atomic E-state index is 9.13. The average molecular weight is 256 g/mol. The van der Waals surface area contributed by atoms with Crippen molar-refractivity contribution in [2.24, 2.45) is 0 Å². The Morgan fingerprint density at radius 3 is 3.00 bits per heavy atom. The molecule has 0 fully saturated rings. The molecule has 0 radical (unpaired) electrons. The number of rotatable bonds is 5. The number of H-pyrrole nitrogens is 2. The summed E-state index contributed by atoms with van der Waals surface area (Å²) in [6.45, 7) is 2.12. The monoisotopic (exact) mass is 256 g/mol. The highest BCUT2D eigenvalue weighted by Crippen LogP contribution is 2.20. The SMILES string of the molecule is CCC(Cc1[nH]cc[nH+]1)Nc1ccc(N)cc1C#N. The average Bonchev–Trinajstić information content (AvgIpc) is 2.92. The van der Waals surface area contributed by atoms with E-state index in [2.05, 4.69) is 28.3 Å². The molecule has 0 saturated carbocycles. The molecule has 0 aliphatic rings. The second kappa shape index (κ2) is 5.91. The summed E-state index contributed by atoms with van der Waals surface area (Å²) < 4.78 is 0. The number of nitrogens with zero attached hydrogens (tertiary/aromatic N) is 1. The van der Waals surface area contributed by atoms with E-state index in [1.54, 1.807) is 12.1 Å². The van der Waals surface area contributed by atoms with E-state index in [4.69, 9.17) is 11.0 Å². The Kier molecular flexibility index (Phi) is 4.04. The second-order valence-corrected chi connectivity index (χ2v) is 4.47. The molecular weight excluding hydrogens is 238 g/mol. The molecule has 0 bridgehead atoms. The Labute approximate surface area is 112 Å². The highest BCUT2D eigenvalue weighted by atomic mass is 14.9. The van der Waals surface area contributed by atoms with Gasteiger partial charge in [0.05, 0.1) is 17.7 Å². The van der Waals surface area contributed by atoms with Gasteiger partial charge in [-0.15, -0.1) is 0 Å². The van der Waals surface area contributed by atoms with Crippen LogP contribution in [0.4, 0.5) is 11.4 Å². The van der Waals surface area contributed by atoms with Gasteiger partial charge in [-0.05, 0) is 24.6 Å². The summed E-state index contributed by atoms with van der Waals surface area (Å²) >= 11 is 0. The third kappa shape index (κ3) is 3.26. The van der Waals surface area contributed by atoms with Gasteiger partial charge < -0.3 is 11.1 Å². The Morgan fingerprint density at radius 1 is 1.53 bits per heavy atom. The van der Waals surface area contributed by atoms with Crippen LogP contribution in [0.1, 0.15) is 24.7 Å². The number of nitrogens with two attached hydrogens (primary N) is 1. The number of anilines is 2. The lowest BCUT2D eigenvalue weighted by Gasteiger charge is -2.17. The first-order valence-electron chi connectivity index (χ1n) is 6.33. The first-order chi connectivity index (χ1) is 9.22. The number of nitriles is 1. The number of benzene rings is 1. The Bertz CT molecular complexity index is 568.